The lowest BCUT2D eigenvalue weighted by Crippen LogP contribution is -2.51. The molecule has 1 aliphatic heterocycles. The van der Waals surface area contributed by atoms with Crippen LogP contribution >= 0.6 is 24.8 Å². The third-order valence-corrected chi connectivity index (χ3v) is 4.79. The van der Waals surface area contributed by atoms with Crippen molar-refractivity contribution in [3.8, 4) is 0 Å². The Kier molecular flexibility index (Phi) is 7.56. The maximum absolute atomic E-state index is 13.1. The van der Waals surface area contributed by atoms with Gasteiger partial charge in [0.25, 0.3) is 0 Å². The van der Waals surface area contributed by atoms with Gasteiger partial charge in [-0.1, -0.05) is 12.1 Å². The standard InChI is InChI=1S/C16H23FN2O.2ClH/c17-14-4-2-13(3-5-14)15(16(20)6-1-7-16)12-19-10-8-18-9-11-19;;/h2-5,15,18,20H,1,6-12H2;2*1H. The lowest BCUT2D eigenvalue weighted by Gasteiger charge is -2.45. The summed E-state index contributed by atoms with van der Waals surface area (Å²) in [6.45, 7) is 4.93. The third kappa shape index (κ3) is 4.33. The van der Waals surface area contributed by atoms with Crippen LogP contribution in [0.1, 0.15) is 30.7 Å². The van der Waals surface area contributed by atoms with Gasteiger partial charge in [-0.2, -0.15) is 0 Å². The molecule has 0 spiro atoms. The lowest BCUT2D eigenvalue weighted by atomic mass is 9.68. The van der Waals surface area contributed by atoms with Crippen LogP contribution in [-0.2, 0) is 0 Å². The summed E-state index contributed by atoms with van der Waals surface area (Å²) >= 11 is 0. The maximum Gasteiger partial charge on any atom is 0.123 e. The molecular formula is C16H25Cl2FN2O. The van der Waals surface area contributed by atoms with Gasteiger partial charge in [-0.25, -0.2) is 4.39 Å². The van der Waals surface area contributed by atoms with Gasteiger partial charge in [0.05, 0.1) is 5.60 Å². The van der Waals surface area contributed by atoms with Crippen LogP contribution in [0.2, 0.25) is 0 Å². The number of hydrogen-bond donors (Lipinski definition) is 2. The molecule has 126 valence electrons. The first-order valence-corrected chi connectivity index (χ1v) is 7.58. The molecule has 2 N–H and O–H groups in total. The summed E-state index contributed by atoms with van der Waals surface area (Å²) in [5, 5.41) is 14.1. The number of hydrogen-bond acceptors (Lipinski definition) is 3. The molecule has 1 saturated heterocycles. The Labute approximate surface area is 144 Å². The Bertz CT molecular complexity index is 448. The number of halogens is 3. The minimum absolute atomic E-state index is 0. The largest absolute Gasteiger partial charge is 0.389 e. The summed E-state index contributed by atoms with van der Waals surface area (Å²) in [5.41, 5.74) is 0.468. The summed E-state index contributed by atoms with van der Waals surface area (Å²) in [5.74, 6) is -0.120. The van der Waals surface area contributed by atoms with Gasteiger partial charge in [0.1, 0.15) is 5.82 Å². The van der Waals surface area contributed by atoms with Crippen molar-refractivity contribution in [1.29, 1.82) is 0 Å². The molecule has 3 nitrogen and oxygen atoms in total. The second-order valence-electron chi connectivity index (χ2n) is 6.11. The van der Waals surface area contributed by atoms with Crippen LogP contribution < -0.4 is 5.32 Å². The topological polar surface area (TPSA) is 35.5 Å². The molecule has 2 aliphatic rings. The van der Waals surface area contributed by atoms with Crippen molar-refractivity contribution in [2.75, 3.05) is 32.7 Å². The molecule has 0 aromatic heterocycles. The maximum atomic E-state index is 13.1. The smallest absolute Gasteiger partial charge is 0.123 e. The van der Waals surface area contributed by atoms with Gasteiger partial charge in [0.15, 0.2) is 0 Å². The van der Waals surface area contributed by atoms with Crippen molar-refractivity contribution in [2.45, 2.75) is 30.8 Å². The zero-order valence-electron chi connectivity index (χ0n) is 12.6. The second-order valence-corrected chi connectivity index (χ2v) is 6.11. The Morgan fingerprint density at radius 2 is 1.73 bits per heavy atom. The number of aliphatic hydroxyl groups is 1. The first kappa shape index (κ1) is 19.7. The SMILES string of the molecule is Cl.Cl.OC1(C(CN2CCNCC2)c2ccc(F)cc2)CCC1. The van der Waals surface area contributed by atoms with Crippen molar-refractivity contribution in [3.63, 3.8) is 0 Å². The van der Waals surface area contributed by atoms with Crippen molar-refractivity contribution >= 4 is 24.8 Å². The Morgan fingerprint density at radius 1 is 1.14 bits per heavy atom. The molecule has 1 aliphatic carbocycles. The molecule has 0 radical (unpaired) electrons. The molecule has 0 bridgehead atoms. The monoisotopic (exact) mass is 350 g/mol. The molecule has 1 heterocycles. The third-order valence-electron chi connectivity index (χ3n) is 4.79. The predicted octanol–water partition coefficient (Wildman–Crippen LogP) is 2.57. The lowest BCUT2D eigenvalue weighted by molar-refractivity contribution is -0.0652. The van der Waals surface area contributed by atoms with Crippen LogP contribution in [0.5, 0.6) is 0 Å². The van der Waals surface area contributed by atoms with Crippen molar-refractivity contribution in [1.82, 2.24) is 10.2 Å². The van der Waals surface area contributed by atoms with E-state index in [4.69, 9.17) is 0 Å². The van der Waals surface area contributed by atoms with E-state index >= 15 is 0 Å². The first-order valence-electron chi connectivity index (χ1n) is 7.58. The van der Waals surface area contributed by atoms with Crippen LogP contribution in [-0.4, -0.2) is 48.3 Å². The molecule has 1 aromatic carbocycles. The van der Waals surface area contributed by atoms with Gasteiger partial charge < -0.3 is 15.3 Å². The van der Waals surface area contributed by atoms with Crippen molar-refractivity contribution in [3.05, 3.63) is 35.6 Å². The molecule has 1 aromatic rings. The molecule has 22 heavy (non-hydrogen) atoms. The second kappa shape index (κ2) is 8.46. The average molecular weight is 351 g/mol. The normalized spacial score (nSPS) is 21.9. The molecule has 1 atom stereocenters. The highest BCUT2D eigenvalue weighted by Gasteiger charge is 2.43. The summed E-state index contributed by atoms with van der Waals surface area (Å²) < 4.78 is 13.1. The predicted molar refractivity (Wildman–Crippen MR) is 91.7 cm³/mol. The van der Waals surface area contributed by atoms with Gasteiger partial charge >= 0.3 is 0 Å². The first-order chi connectivity index (χ1) is 9.67. The fraction of sp³-hybridized carbons (Fsp3) is 0.625. The number of piperazine rings is 1. The van der Waals surface area contributed by atoms with Gasteiger partial charge in [0, 0.05) is 38.6 Å². The fourth-order valence-electron chi connectivity index (χ4n) is 3.32. The van der Waals surface area contributed by atoms with E-state index < -0.39 is 5.60 Å². The van der Waals surface area contributed by atoms with E-state index in [1.807, 2.05) is 12.1 Å². The van der Waals surface area contributed by atoms with E-state index in [0.717, 1.165) is 57.5 Å². The molecule has 6 heteroatoms. The van der Waals surface area contributed by atoms with E-state index in [9.17, 15) is 9.50 Å². The minimum atomic E-state index is -0.595. The molecule has 1 saturated carbocycles. The van der Waals surface area contributed by atoms with Gasteiger partial charge in [-0.05, 0) is 37.0 Å². The summed E-state index contributed by atoms with van der Waals surface area (Å²) in [4.78, 5) is 2.40. The number of rotatable bonds is 4. The Morgan fingerprint density at radius 3 is 2.23 bits per heavy atom. The van der Waals surface area contributed by atoms with Crippen LogP contribution in [0.25, 0.3) is 0 Å². The quantitative estimate of drug-likeness (QED) is 0.875. The number of nitrogens with zero attached hydrogens (tertiary/aromatic N) is 1. The van der Waals surface area contributed by atoms with Crippen LogP contribution in [0.3, 0.4) is 0 Å². The number of nitrogens with one attached hydrogen (secondary N) is 1. The summed E-state index contributed by atoms with van der Waals surface area (Å²) in [6, 6.07) is 6.67. The fourth-order valence-corrected chi connectivity index (χ4v) is 3.32. The highest BCUT2D eigenvalue weighted by Crippen LogP contribution is 2.43. The van der Waals surface area contributed by atoms with Gasteiger partial charge in [0.2, 0.25) is 0 Å². The van der Waals surface area contributed by atoms with Crippen LogP contribution in [0.15, 0.2) is 24.3 Å². The van der Waals surface area contributed by atoms with E-state index in [1.54, 1.807) is 0 Å². The highest BCUT2D eigenvalue weighted by atomic mass is 35.5. The van der Waals surface area contributed by atoms with E-state index in [0.29, 0.717) is 0 Å². The summed E-state index contributed by atoms with van der Waals surface area (Å²) in [6.07, 6.45) is 2.82. The van der Waals surface area contributed by atoms with Gasteiger partial charge in [-0.15, -0.1) is 24.8 Å². The summed E-state index contributed by atoms with van der Waals surface area (Å²) in [7, 11) is 0. The van der Waals surface area contributed by atoms with E-state index in [-0.39, 0.29) is 36.5 Å². The van der Waals surface area contributed by atoms with Crippen molar-refractivity contribution in [2.24, 2.45) is 0 Å². The molecule has 1 unspecified atom stereocenters. The average Bonchev–Trinajstić information content (AvgIpc) is 2.45. The Balaban J connectivity index is 0.00000121. The highest BCUT2D eigenvalue weighted by molar-refractivity contribution is 5.85. The van der Waals surface area contributed by atoms with E-state index in [1.165, 1.54) is 12.1 Å². The molecule has 2 fully saturated rings. The zero-order valence-corrected chi connectivity index (χ0v) is 14.3. The van der Waals surface area contributed by atoms with Gasteiger partial charge in [-0.3, -0.25) is 0 Å². The number of benzene rings is 1. The Hall–Kier alpha value is -0.390. The molecular weight excluding hydrogens is 326 g/mol. The van der Waals surface area contributed by atoms with E-state index in [2.05, 4.69) is 10.2 Å². The van der Waals surface area contributed by atoms with Crippen LogP contribution in [0.4, 0.5) is 4.39 Å². The van der Waals surface area contributed by atoms with Crippen LogP contribution in [0, 0.1) is 5.82 Å². The molecule has 0 amide bonds. The molecule has 3 rings (SSSR count). The minimum Gasteiger partial charge on any atom is -0.389 e. The van der Waals surface area contributed by atoms with Crippen molar-refractivity contribution < 1.29 is 9.50 Å². The zero-order chi connectivity index (χ0) is 14.0.